The van der Waals surface area contributed by atoms with Crippen LogP contribution in [-0.2, 0) is 10.2 Å². The third kappa shape index (κ3) is 8.40. The van der Waals surface area contributed by atoms with Gasteiger partial charge >= 0.3 is 0 Å². The third-order valence-electron chi connectivity index (χ3n) is 3.98. The monoisotopic (exact) mass is 478 g/mol. The van der Waals surface area contributed by atoms with E-state index in [-0.39, 0.29) is 35.3 Å². The van der Waals surface area contributed by atoms with Crippen molar-refractivity contribution in [2.24, 2.45) is 4.99 Å². The first-order chi connectivity index (χ1) is 11.5. The molecule has 0 bridgehead atoms. The number of halogens is 1. The van der Waals surface area contributed by atoms with Crippen molar-refractivity contribution in [3.63, 3.8) is 0 Å². The van der Waals surface area contributed by atoms with E-state index < -0.39 is 0 Å². The molecule has 0 radical (unpaired) electrons. The van der Waals surface area contributed by atoms with E-state index in [0.717, 1.165) is 44.9 Å². The summed E-state index contributed by atoms with van der Waals surface area (Å²) >= 11 is 1.77. The van der Waals surface area contributed by atoms with Crippen molar-refractivity contribution in [3.05, 3.63) is 22.4 Å². The normalized spacial score (nSPS) is 14.6. The second-order valence-electron chi connectivity index (χ2n) is 6.93. The number of nitrogens with one attached hydrogen (secondary N) is 3. The number of guanidine groups is 1. The average molecular weight is 478 g/mol. The van der Waals surface area contributed by atoms with Crippen molar-refractivity contribution in [3.8, 4) is 0 Å². The van der Waals surface area contributed by atoms with Gasteiger partial charge in [-0.2, -0.15) is 0 Å². The van der Waals surface area contributed by atoms with Crippen molar-refractivity contribution in [1.82, 2.24) is 16.0 Å². The highest BCUT2D eigenvalue weighted by Gasteiger charge is 2.23. The standard InChI is InChI=1S/C18H30N4OS.HI/c1-4-19-17(20-11-5-8-16(23)22-14-9-10-14)21-13-18(2,3)15-7-6-12-24-15;/h6-7,12,14H,4-5,8-11,13H2,1-3H3,(H,22,23)(H2,19,20,21);1H. The molecule has 1 saturated carbocycles. The van der Waals surface area contributed by atoms with E-state index in [1.807, 2.05) is 0 Å². The minimum Gasteiger partial charge on any atom is -0.357 e. The maximum absolute atomic E-state index is 11.7. The molecule has 7 heteroatoms. The molecular formula is C18H31IN4OS. The predicted octanol–water partition coefficient (Wildman–Crippen LogP) is 3.26. The average Bonchev–Trinajstić information content (AvgIpc) is 3.16. The Labute approximate surface area is 172 Å². The summed E-state index contributed by atoms with van der Waals surface area (Å²) in [6.45, 7) is 8.80. The Morgan fingerprint density at radius 2 is 2.12 bits per heavy atom. The Hall–Kier alpha value is -0.830. The molecule has 1 fully saturated rings. The molecule has 0 aliphatic heterocycles. The molecule has 2 rings (SSSR count). The summed E-state index contributed by atoms with van der Waals surface area (Å²) in [7, 11) is 0. The van der Waals surface area contributed by atoms with E-state index in [1.165, 1.54) is 4.88 Å². The molecule has 1 heterocycles. The molecule has 1 amide bonds. The van der Waals surface area contributed by atoms with Gasteiger partial charge in [-0.05, 0) is 37.6 Å². The van der Waals surface area contributed by atoms with Crippen LogP contribution in [0, 0.1) is 0 Å². The number of carbonyl (C=O) groups is 1. The molecule has 0 unspecified atom stereocenters. The number of thiophene rings is 1. The molecule has 5 nitrogen and oxygen atoms in total. The molecule has 142 valence electrons. The number of rotatable bonds is 9. The van der Waals surface area contributed by atoms with Gasteiger partial charge in [0.05, 0.1) is 6.54 Å². The molecule has 1 aromatic heterocycles. The minimum atomic E-state index is 0. The van der Waals surface area contributed by atoms with Gasteiger partial charge in [0.1, 0.15) is 0 Å². The van der Waals surface area contributed by atoms with Crippen LogP contribution >= 0.6 is 35.3 Å². The molecule has 1 aromatic rings. The molecule has 25 heavy (non-hydrogen) atoms. The highest BCUT2D eigenvalue weighted by molar-refractivity contribution is 14.0. The van der Waals surface area contributed by atoms with Gasteiger partial charge in [-0.3, -0.25) is 9.79 Å². The zero-order valence-electron chi connectivity index (χ0n) is 15.4. The molecule has 0 atom stereocenters. The minimum absolute atomic E-state index is 0. The van der Waals surface area contributed by atoms with E-state index >= 15 is 0 Å². The second-order valence-corrected chi connectivity index (χ2v) is 7.88. The first-order valence-electron chi connectivity index (χ1n) is 8.87. The van der Waals surface area contributed by atoms with E-state index in [4.69, 9.17) is 4.99 Å². The first kappa shape index (κ1) is 22.2. The van der Waals surface area contributed by atoms with E-state index in [1.54, 1.807) is 11.3 Å². The molecule has 3 N–H and O–H groups in total. The summed E-state index contributed by atoms with van der Waals surface area (Å²) in [5, 5.41) is 11.7. The van der Waals surface area contributed by atoms with Crippen LogP contribution < -0.4 is 16.0 Å². The molecule has 0 aromatic carbocycles. The summed E-state index contributed by atoms with van der Waals surface area (Å²) in [6.07, 6.45) is 3.67. The van der Waals surface area contributed by atoms with Gasteiger partial charge in [-0.1, -0.05) is 19.9 Å². The molecule has 0 spiro atoms. The van der Waals surface area contributed by atoms with Gasteiger partial charge in [0.2, 0.25) is 5.91 Å². The maximum atomic E-state index is 11.7. The van der Waals surface area contributed by atoms with Gasteiger partial charge in [0, 0.05) is 35.8 Å². The van der Waals surface area contributed by atoms with Crippen LogP contribution in [0.3, 0.4) is 0 Å². The van der Waals surface area contributed by atoms with E-state index in [2.05, 4.69) is 54.2 Å². The lowest BCUT2D eigenvalue weighted by Gasteiger charge is -2.21. The number of hydrogen-bond donors (Lipinski definition) is 3. The largest absolute Gasteiger partial charge is 0.357 e. The number of carbonyl (C=O) groups excluding carboxylic acids is 1. The summed E-state index contributed by atoms with van der Waals surface area (Å²) < 4.78 is 0. The molecular weight excluding hydrogens is 447 g/mol. The SMILES string of the molecule is CCNC(=NCC(C)(C)c1cccs1)NCCCC(=O)NC1CC1.I. The van der Waals surface area contributed by atoms with Crippen LogP contribution in [0.15, 0.2) is 22.5 Å². The summed E-state index contributed by atoms with van der Waals surface area (Å²) in [4.78, 5) is 17.7. The van der Waals surface area contributed by atoms with Gasteiger partial charge in [-0.15, -0.1) is 35.3 Å². The van der Waals surface area contributed by atoms with Crippen LogP contribution in [0.1, 0.15) is 51.3 Å². The smallest absolute Gasteiger partial charge is 0.220 e. The quantitative estimate of drug-likeness (QED) is 0.221. The van der Waals surface area contributed by atoms with Gasteiger partial charge in [0.15, 0.2) is 5.96 Å². The van der Waals surface area contributed by atoms with Crippen LogP contribution in [0.5, 0.6) is 0 Å². The van der Waals surface area contributed by atoms with Gasteiger partial charge in [-0.25, -0.2) is 0 Å². The highest BCUT2D eigenvalue weighted by atomic mass is 127. The summed E-state index contributed by atoms with van der Waals surface area (Å²) in [6, 6.07) is 4.70. The summed E-state index contributed by atoms with van der Waals surface area (Å²) in [5.74, 6) is 0.991. The first-order valence-corrected chi connectivity index (χ1v) is 9.75. The van der Waals surface area contributed by atoms with Crippen molar-refractivity contribution in [2.45, 2.75) is 57.9 Å². The van der Waals surface area contributed by atoms with Crippen molar-refractivity contribution in [1.29, 1.82) is 0 Å². The second kappa shape index (κ2) is 11.0. The lowest BCUT2D eigenvalue weighted by molar-refractivity contribution is -0.121. The number of amides is 1. The topological polar surface area (TPSA) is 65.5 Å². The lowest BCUT2D eigenvalue weighted by atomic mass is 9.92. The Morgan fingerprint density at radius 1 is 1.36 bits per heavy atom. The number of aliphatic imine (C=N–C) groups is 1. The Bertz CT molecular complexity index is 541. The molecule has 1 aliphatic carbocycles. The predicted molar refractivity (Wildman–Crippen MR) is 117 cm³/mol. The van der Waals surface area contributed by atoms with Crippen molar-refractivity contribution >= 4 is 47.2 Å². The number of nitrogens with zero attached hydrogens (tertiary/aromatic N) is 1. The summed E-state index contributed by atoms with van der Waals surface area (Å²) in [5.41, 5.74) is 0.0284. The fourth-order valence-corrected chi connectivity index (χ4v) is 3.19. The Morgan fingerprint density at radius 3 is 2.72 bits per heavy atom. The van der Waals surface area contributed by atoms with E-state index in [9.17, 15) is 4.79 Å². The highest BCUT2D eigenvalue weighted by Crippen LogP contribution is 2.27. The molecule has 1 aliphatic rings. The number of hydrogen-bond acceptors (Lipinski definition) is 3. The maximum Gasteiger partial charge on any atom is 0.220 e. The lowest BCUT2D eigenvalue weighted by Crippen LogP contribution is -2.39. The Kier molecular flexibility index (Phi) is 9.78. The fourth-order valence-electron chi connectivity index (χ4n) is 2.34. The fraction of sp³-hybridized carbons (Fsp3) is 0.667. The molecule has 0 saturated heterocycles. The zero-order chi connectivity index (χ0) is 17.4. The Balaban J connectivity index is 0.00000312. The van der Waals surface area contributed by atoms with Crippen LogP contribution in [-0.4, -0.2) is 37.5 Å². The van der Waals surface area contributed by atoms with E-state index in [0.29, 0.717) is 12.5 Å². The zero-order valence-corrected chi connectivity index (χ0v) is 18.6. The van der Waals surface area contributed by atoms with Gasteiger partial charge in [0.25, 0.3) is 0 Å². The van der Waals surface area contributed by atoms with Crippen LogP contribution in [0.4, 0.5) is 0 Å². The van der Waals surface area contributed by atoms with Crippen molar-refractivity contribution in [2.75, 3.05) is 19.6 Å². The third-order valence-corrected chi connectivity index (χ3v) is 5.22. The van der Waals surface area contributed by atoms with Crippen LogP contribution in [0.2, 0.25) is 0 Å². The van der Waals surface area contributed by atoms with Crippen molar-refractivity contribution < 1.29 is 4.79 Å². The van der Waals surface area contributed by atoms with Crippen LogP contribution in [0.25, 0.3) is 0 Å². The van der Waals surface area contributed by atoms with Gasteiger partial charge < -0.3 is 16.0 Å².